The number of hydrogen-bond donors (Lipinski definition) is 3. The Morgan fingerprint density at radius 2 is 1.76 bits per heavy atom. The van der Waals surface area contributed by atoms with E-state index < -0.39 is 17.7 Å². The molecule has 4 N–H and O–H groups in total. The summed E-state index contributed by atoms with van der Waals surface area (Å²) < 4.78 is 51.4. The van der Waals surface area contributed by atoms with Gasteiger partial charge < -0.3 is 16.2 Å². The zero-order valence-electron chi connectivity index (χ0n) is 18.4. The maximum Gasteiger partial charge on any atom is 0.416 e. The van der Waals surface area contributed by atoms with Crippen molar-refractivity contribution in [2.45, 2.75) is 25.6 Å². The number of anilines is 1. The predicted molar refractivity (Wildman–Crippen MR) is 127 cm³/mol. The van der Waals surface area contributed by atoms with Gasteiger partial charge in [0.15, 0.2) is 5.13 Å². The fourth-order valence-electron chi connectivity index (χ4n) is 3.36. The highest BCUT2D eigenvalue weighted by Crippen LogP contribution is 2.35. The van der Waals surface area contributed by atoms with Crippen LogP contribution >= 0.6 is 11.3 Å². The molecule has 180 valence electrons. The summed E-state index contributed by atoms with van der Waals surface area (Å²) in [7, 11) is 1.50. The number of pyridine rings is 1. The van der Waals surface area contributed by atoms with Gasteiger partial charge in [0.2, 0.25) is 5.95 Å². The third kappa shape index (κ3) is 6.28. The molecule has 2 aromatic carbocycles. The van der Waals surface area contributed by atoms with Gasteiger partial charge in [0.05, 0.1) is 22.7 Å². The molecule has 2 aromatic heterocycles. The first-order chi connectivity index (χ1) is 16.3. The fraction of sp³-hybridized carbons (Fsp3) is 0.250. The Bertz CT molecular complexity index is 1230. The number of aliphatic hydroxyl groups is 1. The summed E-state index contributed by atoms with van der Waals surface area (Å²) in [5.41, 5.74) is 6.02. The van der Waals surface area contributed by atoms with Crippen LogP contribution in [0.4, 0.5) is 22.7 Å². The zero-order chi connectivity index (χ0) is 24.7. The van der Waals surface area contributed by atoms with E-state index in [-0.39, 0.29) is 6.61 Å². The molecular weight excluding hydrogens is 468 g/mol. The molecule has 0 bridgehead atoms. The largest absolute Gasteiger partial charge is 0.416 e. The van der Waals surface area contributed by atoms with E-state index in [1.807, 2.05) is 18.2 Å². The van der Waals surface area contributed by atoms with E-state index in [9.17, 15) is 22.7 Å². The Morgan fingerprint density at radius 1 is 1.03 bits per heavy atom. The quantitative estimate of drug-likeness (QED) is 0.177. The molecule has 0 atom stereocenters. The number of nitrogens with two attached hydrogens (primary N) is 1. The second-order valence-corrected chi connectivity index (χ2v) is 8.25. The highest BCUT2D eigenvalue weighted by atomic mass is 32.1. The molecule has 0 saturated heterocycles. The molecule has 0 unspecified atom stereocenters. The maximum absolute atomic E-state index is 13.5. The molecule has 5 nitrogen and oxygen atoms in total. The molecule has 0 aliphatic rings. The number of rotatable bonds is 7. The highest BCUT2D eigenvalue weighted by Gasteiger charge is 2.29. The van der Waals surface area contributed by atoms with E-state index >= 15 is 0 Å². The number of halogens is 4. The summed E-state index contributed by atoms with van der Waals surface area (Å²) >= 11 is 1.38. The van der Waals surface area contributed by atoms with Gasteiger partial charge in [-0.15, -0.1) is 0 Å². The first kappa shape index (κ1) is 25.5. The zero-order valence-corrected chi connectivity index (χ0v) is 19.2. The number of aliphatic hydroxyl groups excluding tert-OH is 1. The molecule has 0 spiro atoms. The van der Waals surface area contributed by atoms with Crippen molar-refractivity contribution in [3.05, 3.63) is 77.5 Å². The molecule has 4 aromatic rings. The summed E-state index contributed by atoms with van der Waals surface area (Å²) in [6, 6.07) is 12.1. The predicted octanol–water partition coefficient (Wildman–Crippen LogP) is 5.63. The van der Waals surface area contributed by atoms with Crippen LogP contribution in [0.1, 0.15) is 23.2 Å². The second-order valence-electron chi connectivity index (χ2n) is 7.25. The van der Waals surface area contributed by atoms with Crippen LogP contribution in [0, 0.1) is 5.95 Å². The number of nitrogens with zero attached hydrogens (tertiary/aromatic N) is 2. The van der Waals surface area contributed by atoms with Crippen LogP contribution < -0.4 is 11.1 Å². The van der Waals surface area contributed by atoms with Gasteiger partial charge in [-0.3, -0.25) is 0 Å². The van der Waals surface area contributed by atoms with E-state index in [1.165, 1.54) is 42.8 Å². The van der Waals surface area contributed by atoms with Crippen molar-refractivity contribution in [1.29, 1.82) is 0 Å². The van der Waals surface area contributed by atoms with E-state index in [0.717, 1.165) is 33.5 Å². The van der Waals surface area contributed by atoms with Crippen molar-refractivity contribution in [1.82, 2.24) is 9.97 Å². The Kier molecular flexibility index (Phi) is 8.54. The van der Waals surface area contributed by atoms with Gasteiger partial charge in [-0.2, -0.15) is 17.6 Å². The van der Waals surface area contributed by atoms with E-state index in [0.29, 0.717) is 35.6 Å². The maximum atomic E-state index is 13.5. The lowest BCUT2D eigenvalue weighted by molar-refractivity contribution is -0.137. The highest BCUT2D eigenvalue weighted by molar-refractivity contribution is 7.19. The molecule has 4 rings (SSSR count). The van der Waals surface area contributed by atoms with Gasteiger partial charge >= 0.3 is 6.18 Å². The van der Waals surface area contributed by atoms with Crippen LogP contribution in [-0.2, 0) is 19.2 Å². The van der Waals surface area contributed by atoms with Gasteiger partial charge in [-0.1, -0.05) is 35.6 Å². The van der Waals surface area contributed by atoms with Crippen molar-refractivity contribution in [3.63, 3.8) is 0 Å². The summed E-state index contributed by atoms with van der Waals surface area (Å²) in [5.74, 6) is -0.559. The number of hydrogen-bond acceptors (Lipinski definition) is 6. The molecule has 0 radical (unpaired) electrons. The number of thiazole rings is 1. The lowest BCUT2D eigenvalue weighted by atomic mass is 10.1. The summed E-state index contributed by atoms with van der Waals surface area (Å²) in [5, 5.41) is 15.1. The van der Waals surface area contributed by atoms with Gasteiger partial charge in [-0.05, 0) is 54.6 Å². The van der Waals surface area contributed by atoms with Crippen molar-refractivity contribution in [3.8, 4) is 10.4 Å². The Balaban J connectivity index is 0.00000158. The third-order valence-electron chi connectivity index (χ3n) is 5.00. The summed E-state index contributed by atoms with van der Waals surface area (Å²) in [6.07, 6.45) is -1.53. The molecule has 10 heteroatoms. The third-order valence-corrected chi connectivity index (χ3v) is 6.10. The molecule has 0 aliphatic heterocycles. The van der Waals surface area contributed by atoms with Crippen LogP contribution in [0.15, 0.2) is 54.7 Å². The first-order valence-corrected chi connectivity index (χ1v) is 11.3. The standard InChI is InChI=1S/C23H19F4N3OS.CH5N/c24-20-11-17-10-15(5-6-16(17)12-29-20)21-19(13-31)30-22(32-21)28-9-1-2-14-3-7-18(8-4-14)23(25,26)27;1-2/h3-8,10-12,31H,1-2,9,13H2,(H,28,30);2H2,1H3. The molecule has 0 amide bonds. The Hall–Kier alpha value is -3.08. The number of alkyl halides is 3. The van der Waals surface area contributed by atoms with Crippen LogP contribution in [0.25, 0.3) is 21.2 Å². The molecule has 0 fully saturated rings. The number of aromatic nitrogens is 2. The van der Waals surface area contributed by atoms with Gasteiger partial charge in [0, 0.05) is 24.2 Å². The van der Waals surface area contributed by atoms with Crippen molar-refractivity contribution in [2.75, 3.05) is 18.9 Å². The molecule has 0 saturated carbocycles. The monoisotopic (exact) mass is 492 g/mol. The van der Waals surface area contributed by atoms with Crippen LogP contribution in [0.5, 0.6) is 0 Å². The number of benzene rings is 2. The minimum absolute atomic E-state index is 0.234. The molecular formula is C24H24F4N4OS. The summed E-state index contributed by atoms with van der Waals surface area (Å²) in [4.78, 5) is 8.87. The average molecular weight is 493 g/mol. The Morgan fingerprint density at radius 3 is 2.44 bits per heavy atom. The van der Waals surface area contributed by atoms with Crippen molar-refractivity contribution >= 4 is 27.2 Å². The number of fused-ring (bicyclic) bond motifs is 1. The van der Waals surface area contributed by atoms with Crippen LogP contribution in [0.3, 0.4) is 0 Å². The van der Waals surface area contributed by atoms with E-state index in [1.54, 1.807) is 0 Å². The minimum atomic E-state index is -4.33. The molecule has 2 heterocycles. The SMILES string of the molecule is CN.OCc1nc(NCCCc2ccc(C(F)(F)F)cc2)sc1-c1ccc2cnc(F)cc2c1. The van der Waals surface area contributed by atoms with Crippen LogP contribution in [0.2, 0.25) is 0 Å². The lowest BCUT2D eigenvalue weighted by Gasteiger charge is -2.07. The average Bonchev–Trinajstić information content (AvgIpc) is 3.25. The summed E-state index contributed by atoms with van der Waals surface area (Å²) in [6.45, 7) is 0.343. The molecule has 34 heavy (non-hydrogen) atoms. The van der Waals surface area contributed by atoms with Crippen molar-refractivity contribution < 1.29 is 22.7 Å². The number of nitrogens with one attached hydrogen (secondary N) is 1. The van der Waals surface area contributed by atoms with Gasteiger partial charge in [-0.25, -0.2) is 9.97 Å². The smallest absolute Gasteiger partial charge is 0.390 e. The van der Waals surface area contributed by atoms with Crippen molar-refractivity contribution in [2.24, 2.45) is 5.73 Å². The topological polar surface area (TPSA) is 84.1 Å². The van der Waals surface area contributed by atoms with Gasteiger partial charge in [0.1, 0.15) is 0 Å². The first-order valence-electron chi connectivity index (χ1n) is 10.5. The minimum Gasteiger partial charge on any atom is -0.390 e. The van der Waals surface area contributed by atoms with E-state index in [2.05, 4.69) is 21.0 Å². The Labute approximate surface area is 198 Å². The van der Waals surface area contributed by atoms with E-state index in [4.69, 9.17) is 0 Å². The normalized spacial score (nSPS) is 11.3. The van der Waals surface area contributed by atoms with Crippen LogP contribution in [-0.4, -0.2) is 28.7 Å². The fourth-order valence-corrected chi connectivity index (χ4v) is 4.36. The molecule has 0 aliphatic carbocycles. The second kappa shape index (κ2) is 11.4. The van der Waals surface area contributed by atoms with Gasteiger partial charge in [0.25, 0.3) is 0 Å². The number of aryl methyl sites for hydroxylation is 1. The lowest BCUT2D eigenvalue weighted by Crippen LogP contribution is -2.05.